The highest BCUT2D eigenvalue weighted by Gasteiger charge is 2.21. The molecule has 0 aliphatic carbocycles. The van der Waals surface area contributed by atoms with Gasteiger partial charge in [0, 0.05) is 18.7 Å². The number of hydrogen-bond acceptors (Lipinski definition) is 5. The second-order valence-corrected chi connectivity index (χ2v) is 6.28. The van der Waals surface area contributed by atoms with Crippen LogP contribution in [-0.4, -0.2) is 38.1 Å². The van der Waals surface area contributed by atoms with Gasteiger partial charge in [0.25, 0.3) is 0 Å². The largest absolute Gasteiger partial charge is 0.354 e. The third kappa shape index (κ3) is 2.98. The molecule has 2 aromatic rings. The first-order valence-corrected chi connectivity index (χ1v) is 8.15. The molecule has 1 aliphatic heterocycles. The Balaban J connectivity index is 2.02. The Bertz CT molecular complexity index is 737. The zero-order valence-corrected chi connectivity index (χ0v) is 14.2. The third-order valence-electron chi connectivity index (χ3n) is 4.51. The Morgan fingerprint density at radius 2 is 1.96 bits per heavy atom. The predicted molar refractivity (Wildman–Crippen MR) is 89.3 cm³/mol. The zero-order valence-electron chi connectivity index (χ0n) is 14.2. The average molecular weight is 313 g/mol. The molecule has 0 bridgehead atoms. The summed E-state index contributed by atoms with van der Waals surface area (Å²) >= 11 is 0. The molecular formula is C17H23N5O. The number of Topliss-reactive ketones (excluding diaryl/α,β-unsaturated/α-hetero) is 1. The predicted octanol–water partition coefficient (Wildman–Crippen LogP) is 2.86. The number of aromatic nitrogens is 4. The number of carbonyl (C=O) groups is 1. The Kier molecular flexibility index (Phi) is 4.15. The minimum atomic E-state index is 0.0180. The monoisotopic (exact) mass is 313 g/mol. The molecule has 1 atom stereocenters. The van der Waals surface area contributed by atoms with Gasteiger partial charge >= 0.3 is 0 Å². The van der Waals surface area contributed by atoms with E-state index in [0.717, 1.165) is 29.7 Å². The summed E-state index contributed by atoms with van der Waals surface area (Å²) in [5.74, 6) is 2.40. The van der Waals surface area contributed by atoms with Gasteiger partial charge in [0.05, 0.1) is 17.5 Å². The highest BCUT2D eigenvalue weighted by Crippen LogP contribution is 2.25. The third-order valence-corrected chi connectivity index (χ3v) is 4.51. The second-order valence-electron chi connectivity index (χ2n) is 6.28. The Labute approximate surface area is 136 Å². The molecule has 0 N–H and O–H groups in total. The summed E-state index contributed by atoms with van der Waals surface area (Å²) in [4.78, 5) is 23.1. The van der Waals surface area contributed by atoms with E-state index in [1.807, 2.05) is 19.9 Å². The van der Waals surface area contributed by atoms with E-state index in [2.05, 4.69) is 26.9 Å². The van der Waals surface area contributed by atoms with Crippen molar-refractivity contribution in [1.82, 2.24) is 19.7 Å². The Hall–Kier alpha value is -2.24. The maximum Gasteiger partial charge on any atom is 0.163 e. The molecule has 6 heteroatoms. The molecule has 1 fully saturated rings. The molecule has 122 valence electrons. The Morgan fingerprint density at radius 1 is 1.22 bits per heavy atom. The lowest BCUT2D eigenvalue weighted by atomic mass is 10.0. The van der Waals surface area contributed by atoms with Crippen LogP contribution in [0.4, 0.5) is 5.82 Å². The van der Waals surface area contributed by atoms with E-state index in [9.17, 15) is 4.79 Å². The van der Waals surface area contributed by atoms with E-state index in [0.29, 0.717) is 11.6 Å². The summed E-state index contributed by atoms with van der Waals surface area (Å²) in [5.41, 5.74) is 1.45. The first-order valence-electron chi connectivity index (χ1n) is 8.15. The number of piperidine rings is 1. The van der Waals surface area contributed by atoms with Crippen molar-refractivity contribution in [2.45, 2.75) is 53.0 Å². The van der Waals surface area contributed by atoms with Crippen LogP contribution in [0.5, 0.6) is 0 Å². The highest BCUT2D eigenvalue weighted by molar-refractivity contribution is 5.95. The number of anilines is 1. The van der Waals surface area contributed by atoms with Gasteiger partial charge in [0.2, 0.25) is 0 Å². The van der Waals surface area contributed by atoms with Crippen LogP contribution in [0.15, 0.2) is 12.3 Å². The van der Waals surface area contributed by atoms with Gasteiger partial charge in [-0.05, 0) is 47.0 Å². The van der Waals surface area contributed by atoms with Crippen molar-refractivity contribution in [2.24, 2.45) is 0 Å². The van der Waals surface area contributed by atoms with E-state index in [4.69, 9.17) is 0 Å². The van der Waals surface area contributed by atoms with E-state index < -0.39 is 0 Å². The van der Waals surface area contributed by atoms with Gasteiger partial charge in [-0.2, -0.15) is 5.10 Å². The van der Waals surface area contributed by atoms with Crippen molar-refractivity contribution in [3.05, 3.63) is 29.3 Å². The molecule has 0 amide bonds. The Morgan fingerprint density at radius 3 is 2.61 bits per heavy atom. The van der Waals surface area contributed by atoms with Gasteiger partial charge in [-0.1, -0.05) is 0 Å². The maximum atomic E-state index is 11.6. The van der Waals surface area contributed by atoms with Crippen molar-refractivity contribution >= 4 is 11.6 Å². The maximum absolute atomic E-state index is 11.6. The topological polar surface area (TPSA) is 63.9 Å². The van der Waals surface area contributed by atoms with Crippen LogP contribution >= 0.6 is 0 Å². The molecule has 0 radical (unpaired) electrons. The van der Waals surface area contributed by atoms with E-state index in [-0.39, 0.29) is 5.78 Å². The van der Waals surface area contributed by atoms with Crippen LogP contribution in [0.25, 0.3) is 5.82 Å². The molecule has 0 unspecified atom stereocenters. The molecule has 0 spiro atoms. The van der Waals surface area contributed by atoms with E-state index >= 15 is 0 Å². The minimum Gasteiger partial charge on any atom is -0.354 e. The molecule has 0 saturated carbocycles. The lowest BCUT2D eigenvalue weighted by Gasteiger charge is -2.34. The summed E-state index contributed by atoms with van der Waals surface area (Å²) in [7, 11) is 0. The number of rotatable bonds is 3. The van der Waals surface area contributed by atoms with Crippen molar-refractivity contribution in [3.63, 3.8) is 0 Å². The van der Waals surface area contributed by atoms with E-state index in [1.54, 1.807) is 17.8 Å². The number of ketones is 1. The first-order chi connectivity index (χ1) is 11.0. The fraction of sp³-hybridized carbons (Fsp3) is 0.529. The molecule has 0 aromatic carbocycles. The van der Waals surface area contributed by atoms with Gasteiger partial charge in [0.15, 0.2) is 11.6 Å². The average Bonchev–Trinajstić information content (AvgIpc) is 2.89. The quantitative estimate of drug-likeness (QED) is 0.815. The molecule has 2 aromatic heterocycles. The summed E-state index contributed by atoms with van der Waals surface area (Å²) < 4.78 is 1.73. The van der Waals surface area contributed by atoms with Gasteiger partial charge < -0.3 is 4.90 Å². The fourth-order valence-corrected chi connectivity index (χ4v) is 3.22. The number of carbonyl (C=O) groups excluding carboxylic acids is 1. The van der Waals surface area contributed by atoms with Crippen LogP contribution < -0.4 is 4.90 Å². The molecule has 1 saturated heterocycles. The summed E-state index contributed by atoms with van der Waals surface area (Å²) in [6, 6.07) is 2.45. The van der Waals surface area contributed by atoms with Crippen molar-refractivity contribution < 1.29 is 4.79 Å². The zero-order chi connectivity index (χ0) is 16.6. The highest BCUT2D eigenvalue weighted by atomic mass is 16.1. The molecule has 3 heterocycles. The van der Waals surface area contributed by atoms with Crippen LogP contribution in [0.2, 0.25) is 0 Å². The lowest BCUT2D eigenvalue weighted by Crippen LogP contribution is -2.38. The van der Waals surface area contributed by atoms with Crippen LogP contribution in [-0.2, 0) is 0 Å². The van der Waals surface area contributed by atoms with Gasteiger partial charge in [-0.25, -0.2) is 14.6 Å². The van der Waals surface area contributed by atoms with Crippen molar-refractivity contribution in [2.75, 3.05) is 11.4 Å². The SMILES string of the molecule is CC(=O)c1cnn(-c2cc(N3CCCC[C@H]3C)nc(C)n2)c1C. The second kappa shape index (κ2) is 6.10. The number of aryl methyl sites for hydroxylation is 1. The van der Waals surface area contributed by atoms with Crippen LogP contribution in [0, 0.1) is 13.8 Å². The van der Waals surface area contributed by atoms with Gasteiger partial charge in [-0.15, -0.1) is 0 Å². The molecule has 1 aliphatic rings. The summed E-state index contributed by atoms with van der Waals surface area (Å²) in [6.07, 6.45) is 5.26. The molecule has 6 nitrogen and oxygen atoms in total. The van der Waals surface area contributed by atoms with Crippen molar-refractivity contribution in [1.29, 1.82) is 0 Å². The number of nitrogens with zero attached hydrogens (tertiary/aromatic N) is 5. The lowest BCUT2D eigenvalue weighted by molar-refractivity contribution is 0.101. The minimum absolute atomic E-state index is 0.0180. The van der Waals surface area contributed by atoms with Crippen LogP contribution in [0.1, 0.15) is 55.0 Å². The molecular weight excluding hydrogens is 290 g/mol. The fourth-order valence-electron chi connectivity index (χ4n) is 3.22. The standard InChI is InChI=1S/C17H23N5O/c1-11-7-5-6-8-21(11)16-9-17(20-14(4)19-16)22-12(2)15(10-18-22)13(3)23/h9-11H,5-8H2,1-4H3/t11-/m1/s1. The smallest absolute Gasteiger partial charge is 0.163 e. The normalized spacial score (nSPS) is 18.3. The van der Waals surface area contributed by atoms with Crippen molar-refractivity contribution in [3.8, 4) is 5.82 Å². The summed E-state index contributed by atoms with van der Waals surface area (Å²) in [6.45, 7) is 8.61. The molecule has 3 rings (SSSR count). The van der Waals surface area contributed by atoms with Crippen LogP contribution in [0.3, 0.4) is 0 Å². The van der Waals surface area contributed by atoms with Gasteiger partial charge in [0.1, 0.15) is 11.6 Å². The van der Waals surface area contributed by atoms with Gasteiger partial charge in [-0.3, -0.25) is 4.79 Å². The number of hydrogen-bond donors (Lipinski definition) is 0. The molecule has 23 heavy (non-hydrogen) atoms. The summed E-state index contributed by atoms with van der Waals surface area (Å²) in [5, 5.41) is 4.34. The first kappa shape index (κ1) is 15.6. The van der Waals surface area contributed by atoms with E-state index in [1.165, 1.54) is 19.3 Å².